The van der Waals surface area contributed by atoms with Crippen molar-refractivity contribution in [3.8, 4) is 0 Å². The molecule has 4 rings (SSSR count). The molecule has 160 valence electrons. The standard InChI is InChI=1S/C21H29N7O2/c29-19(26-30)9-3-1-2-6-11-27-15-17(14-23-27)24-21-22-13-16-10-12-28(20(16)25-21)18-7-4-5-8-18/h10,12-15,18,30H,1-9,11H2,(H,26,29)(H,22,24,25). The van der Waals surface area contributed by atoms with E-state index in [4.69, 9.17) is 10.2 Å². The van der Waals surface area contributed by atoms with Gasteiger partial charge in [-0.15, -0.1) is 0 Å². The number of hydrogen-bond acceptors (Lipinski definition) is 6. The highest BCUT2D eigenvalue weighted by Gasteiger charge is 2.19. The number of aryl methyl sites for hydroxylation is 1. The molecule has 3 heterocycles. The van der Waals surface area contributed by atoms with Gasteiger partial charge < -0.3 is 9.88 Å². The van der Waals surface area contributed by atoms with Crippen LogP contribution >= 0.6 is 0 Å². The second-order valence-corrected chi connectivity index (χ2v) is 7.95. The van der Waals surface area contributed by atoms with Gasteiger partial charge in [0.25, 0.3) is 0 Å². The first kappa shape index (κ1) is 20.3. The van der Waals surface area contributed by atoms with Crippen LogP contribution in [0, 0.1) is 0 Å². The smallest absolute Gasteiger partial charge is 0.243 e. The molecule has 1 amide bonds. The Balaban J connectivity index is 1.29. The van der Waals surface area contributed by atoms with Gasteiger partial charge in [0.05, 0.1) is 11.9 Å². The normalized spacial score (nSPS) is 14.4. The third kappa shape index (κ3) is 4.96. The van der Waals surface area contributed by atoms with E-state index in [0.717, 1.165) is 48.9 Å². The average molecular weight is 412 g/mol. The van der Waals surface area contributed by atoms with Crippen LogP contribution in [0.3, 0.4) is 0 Å². The van der Waals surface area contributed by atoms with Gasteiger partial charge in [-0.2, -0.15) is 10.1 Å². The van der Waals surface area contributed by atoms with Crippen molar-refractivity contribution in [3.05, 3.63) is 30.9 Å². The predicted molar refractivity (Wildman–Crippen MR) is 114 cm³/mol. The monoisotopic (exact) mass is 411 g/mol. The first-order valence-corrected chi connectivity index (χ1v) is 10.8. The Morgan fingerprint density at radius 1 is 1.17 bits per heavy atom. The summed E-state index contributed by atoms with van der Waals surface area (Å²) in [4.78, 5) is 20.2. The first-order chi connectivity index (χ1) is 14.7. The number of nitrogens with one attached hydrogen (secondary N) is 2. The summed E-state index contributed by atoms with van der Waals surface area (Å²) in [6, 6.07) is 2.64. The number of aromatic nitrogens is 5. The van der Waals surface area contributed by atoms with Crippen LogP contribution < -0.4 is 10.8 Å². The maximum absolute atomic E-state index is 11.0. The molecule has 0 spiro atoms. The van der Waals surface area contributed by atoms with Gasteiger partial charge in [-0.05, 0) is 31.7 Å². The summed E-state index contributed by atoms with van der Waals surface area (Å²) in [6.07, 6.45) is 16.9. The molecule has 1 fully saturated rings. The van der Waals surface area contributed by atoms with Gasteiger partial charge >= 0.3 is 0 Å². The fourth-order valence-electron chi connectivity index (χ4n) is 4.12. The number of rotatable bonds is 10. The maximum Gasteiger partial charge on any atom is 0.243 e. The van der Waals surface area contributed by atoms with Crippen molar-refractivity contribution in [1.29, 1.82) is 0 Å². The van der Waals surface area contributed by atoms with Crippen molar-refractivity contribution in [1.82, 2.24) is 29.8 Å². The molecule has 0 atom stereocenters. The maximum atomic E-state index is 11.0. The zero-order valence-electron chi connectivity index (χ0n) is 17.1. The van der Waals surface area contributed by atoms with E-state index >= 15 is 0 Å². The summed E-state index contributed by atoms with van der Waals surface area (Å²) in [5, 5.41) is 17.2. The molecular formula is C21H29N7O2. The number of anilines is 2. The molecule has 1 aliphatic rings. The molecule has 0 saturated heterocycles. The van der Waals surface area contributed by atoms with Gasteiger partial charge in [-0.1, -0.05) is 25.7 Å². The molecule has 3 N–H and O–H groups in total. The number of carbonyl (C=O) groups is 1. The SMILES string of the molecule is O=C(CCCCCCn1cc(Nc2ncc3ccn(C4CCCC4)c3n2)cn1)NO. The molecule has 3 aromatic rings. The van der Waals surface area contributed by atoms with Crippen LogP contribution in [0.4, 0.5) is 11.6 Å². The number of unbranched alkanes of at least 4 members (excludes halogenated alkanes) is 3. The van der Waals surface area contributed by atoms with Crippen LogP contribution in [-0.2, 0) is 11.3 Å². The van der Waals surface area contributed by atoms with Crippen molar-refractivity contribution in [2.45, 2.75) is 70.4 Å². The third-order valence-electron chi connectivity index (χ3n) is 5.73. The number of hydroxylamine groups is 1. The second-order valence-electron chi connectivity index (χ2n) is 7.95. The first-order valence-electron chi connectivity index (χ1n) is 10.8. The summed E-state index contributed by atoms with van der Waals surface area (Å²) in [5.41, 5.74) is 3.51. The fraction of sp³-hybridized carbons (Fsp3) is 0.524. The molecule has 1 saturated carbocycles. The van der Waals surface area contributed by atoms with E-state index in [1.165, 1.54) is 25.7 Å². The molecule has 1 aliphatic carbocycles. The van der Waals surface area contributed by atoms with Crippen molar-refractivity contribution in [3.63, 3.8) is 0 Å². The summed E-state index contributed by atoms with van der Waals surface area (Å²) >= 11 is 0. The van der Waals surface area contributed by atoms with Crippen molar-refractivity contribution in [2.75, 3.05) is 5.32 Å². The highest BCUT2D eigenvalue weighted by atomic mass is 16.5. The zero-order valence-corrected chi connectivity index (χ0v) is 17.1. The van der Waals surface area contributed by atoms with E-state index in [1.807, 2.05) is 17.1 Å². The highest BCUT2D eigenvalue weighted by molar-refractivity contribution is 5.77. The van der Waals surface area contributed by atoms with Gasteiger partial charge in [0.2, 0.25) is 11.9 Å². The Labute approximate surface area is 175 Å². The lowest BCUT2D eigenvalue weighted by molar-refractivity contribution is -0.129. The van der Waals surface area contributed by atoms with Crippen molar-refractivity contribution < 1.29 is 10.0 Å². The molecule has 0 radical (unpaired) electrons. The number of amides is 1. The molecule has 0 unspecified atom stereocenters. The van der Waals surface area contributed by atoms with E-state index in [0.29, 0.717) is 18.4 Å². The summed E-state index contributed by atoms with van der Waals surface area (Å²) < 4.78 is 4.20. The third-order valence-corrected chi connectivity index (χ3v) is 5.73. The molecular weight excluding hydrogens is 382 g/mol. The van der Waals surface area contributed by atoms with Crippen molar-refractivity contribution in [2.24, 2.45) is 0 Å². The van der Waals surface area contributed by atoms with Crippen LogP contribution in [0.25, 0.3) is 11.0 Å². The Morgan fingerprint density at radius 2 is 2.00 bits per heavy atom. The number of fused-ring (bicyclic) bond motifs is 1. The molecule has 3 aromatic heterocycles. The number of carbonyl (C=O) groups excluding carboxylic acids is 1. The average Bonchev–Trinajstić information content (AvgIpc) is 3.51. The molecule has 0 aliphatic heterocycles. The molecule has 9 nitrogen and oxygen atoms in total. The Morgan fingerprint density at radius 3 is 2.83 bits per heavy atom. The summed E-state index contributed by atoms with van der Waals surface area (Å²) in [7, 11) is 0. The van der Waals surface area contributed by atoms with Crippen LogP contribution in [0.5, 0.6) is 0 Å². The van der Waals surface area contributed by atoms with Crippen molar-refractivity contribution >= 4 is 28.6 Å². The van der Waals surface area contributed by atoms with Gasteiger partial charge in [0.15, 0.2) is 0 Å². The Kier molecular flexibility index (Phi) is 6.58. The topological polar surface area (TPSA) is 110 Å². The quantitative estimate of drug-likeness (QED) is 0.265. The van der Waals surface area contributed by atoms with Crippen LogP contribution in [0.15, 0.2) is 30.9 Å². The minimum absolute atomic E-state index is 0.325. The Bertz CT molecular complexity index is 975. The van der Waals surface area contributed by atoms with E-state index in [1.54, 1.807) is 11.7 Å². The van der Waals surface area contributed by atoms with E-state index in [-0.39, 0.29) is 5.91 Å². The number of nitrogens with zero attached hydrogens (tertiary/aromatic N) is 5. The highest BCUT2D eigenvalue weighted by Crippen LogP contribution is 2.32. The van der Waals surface area contributed by atoms with Gasteiger partial charge in [-0.25, -0.2) is 10.5 Å². The minimum atomic E-state index is -0.325. The molecule has 0 bridgehead atoms. The Hall–Kier alpha value is -2.94. The van der Waals surface area contributed by atoms with E-state index in [9.17, 15) is 4.79 Å². The molecule has 9 heteroatoms. The second kappa shape index (κ2) is 9.71. The minimum Gasteiger partial charge on any atom is -0.329 e. The largest absolute Gasteiger partial charge is 0.329 e. The van der Waals surface area contributed by atoms with Crippen LogP contribution in [-0.4, -0.2) is 35.4 Å². The lowest BCUT2D eigenvalue weighted by Crippen LogP contribution is -2.17. The van der Waals surface area contributed by atoms with E-state index in [2.05, 4.69) is 32.2 Å². The molecule has 30 heavy (non-hydrogen) atoms. The number of hydrogen-bond donors (Lipinski definition) is 3. The lowest BCUT2D eigenvalue weighted by atomic mass is 10.1. The van der Waals surface area contributed by atoms with Gasteiger partial charge in [-0.3, -0.25) is 14.7 Å². The lowest BCUT2D eigenvalue weighted by Gasteiger charge is -2.12. The van der Waals surface area contributed by atoms with Crippen LogP contribution in [0.1, 0.15) is 63.8 Å². The van der Waals surface area contributed by atoms with Crippen LogP contribution in [0.2, 0.25) is 0 Å². The predicted octanol–water partition coefficient (Wildman–Crippen LogP) is 3.94. The summed E-state index contributed by atoms with van der Waals surface area (Å²) in [6.45, 7) is 0.818. The molecule has 0 aromatic carbocycles. The fourth-order valence-corrected chi connectivity index (χ4v) is 4.12. The zero-order chi connectivity index (χ0) is 20.8. The van der Waals surface area contributed by atoms with Gasteiger partial charge in [0, 0.05) is 43.0 Å². The van der Waals surface area contributed by atoms with Gasteiger partial charge in [0.1, 0.15) is 5.65 Å². The summed E-state index contributed by atoms with van der Waals surface area (Å²) in [5.74, 6) is 0.260. The van der Waals surface area contributed by atoms with E-state index < -0.39 is 0 Å².